The average molecular weight is 153 g/mol. The summed E-state index contributed by atoms with van der Waals surface area (Å²) in [6, 6.07) is 8.75. The molecule has 0 saturated heterocycles. The van der Waals surface area contributed by atoms with Crippen molar-refractivity contribution < 1.29 is 0 Å². The quantitative estimate of drug-likeness (QED) is 0.543. The molecule has 0 heterocycles. The van der Waals surface area contributed by atoms with E-state index >= 15 is 0 Å². The maximum Gasteiger partial charge on any atom is 0.154 e. The normalized spacial score (nSPS) is 10.4. The Morgan fingerprint density at radius 3 is 1.90 bits per heavy atom. The fourth-order valence-corrected chi connectivity index (χ4v) is 1.49. The Morgan fingerprint density at radius 1 is 1.00 bits per heavy atom. The van der Waals surface area contributed by atoms with Gasteiger partial charge in [0.1, 0.15) is 12.5 Å². The Hall–Kier alpha value is -0.430. The van der Waals surface area contributed by atoms with Gasteiger partial charge in [0.25, 0.3) is 0 Å². The second kappa shape index (κ2) is 3.11. The third-order valence-electron chi connectivity index (χ3n) is 1.49. The van der Waals surface area contributed by atoms with E-state index in [1.54, 1.807) is 0 Å². The fourth-order valence-electron chi connectivity index (χ4n) is 0.810. The molecule has 0 spiro atoms. The van der Waals surface area contributed by atoms with Gasteiger partial charge < -0.3 is 0 Å². The molecule has 1 aromatic rings. The first kappa shape index (κ1) is 7.67. The summed E-state index contributed by atoms with van der Waals surface area (Å²) in [5.74, 6) is 0. The number of hydrogen-bond donors (Lipinski definition) is 0. The van der Waals surface area contributed by atoms with Crippen LogP contribution in [0.1, 0.15) is 5.56 Å². The van der Waals surface area contributed by atoms with Gasteiger partial charge in [0.2, 0.25) is 0 Å². The molecule has 0 N–H and O–H groups in total. The summed E-state index contributed by atoms with van der Waals surface area (Å²) in [6.45, 7) is 2.12. The van der Waals surface area contributed by atoms with Crippen molar-refractivity contribution in [3.8, 4) is 0 Å². The Balaban J connectivity index is 2.89. The van der Waals surface area contributed by atoms with Crippen molar-refractivity contribution in [1.29, 1.82) is 0 Å². The summed E-state index contributed by atoms with van der Waals surface area (Å²) in [4.78, 5) is 1.45. The van der Waals surface area contributed by atoms with Crippen molar-refractivity contribution in [3.63, 3.8) is 0 Å². The molecule has 0 aliphatic carbocycles. The zero-order valence-electron chi connectivity index (χ0n) is 6.72. The van der Waals surface area contributed by atoms with Crippen LogP contribution in [0.25, 0.3) is 0 Å². The maximum absolute atomic E-state index is 2.24. The fraction of sp³-hybridized carbons (Fsp3) is 0.333. The van der Waals surface area contributed by atoms with Gasteiger partial charge in [0, 0.05) is 10.9 Å². The highest BCUT2D eigenvalue weighted by atomic mass is 32.2. The van der Waals surface area contributed by atoms with Crippen LogP contribution in [-0.4, -0.2) is 12.5 Å². The lowest BCUT2D eigenvalue weighted by atomic mass is 10.2. The first-order valence-electron chi connectivity index (χ1n) is 3.34. The molecule has 1 aromatic carbocycles. The Kier molecular flexibility index (Phi) is 2.39. The van der Waals surface area contributed by atoms with Gasteiger partial charge in [-0.1, -0.05) is 17.7 Å². The van der Waals surface area contributed by atoms with Crippen LogP contribution in [0.5, 0.6) is 0 Å². The van der Waals surface area contributed by atoms with Crippen LogP contribution in [0.15, 0.2) is 29.2 Å². The van der Waals surface area contributed by atoms with E-state index in [0.29, 0.717) is 10.9 Å². The van der Waals surface area contributed by atoms with E-state index in [4.69, 9.17) is 0 Å². The first-order chi connectivity index (χ1) is 4.70. The minimum Gasteiger partial charge on any atom is -0.0543 e. The van der Waals surface area contributed by atoms with Crippen molar-refractivity contribution in [2.45, 2.75) is 11.8 Å². The molecule has 10 heavy (non-hydrogen) atoms. The lowest BCUT2D eigenvalue weighted by Gasteiger charge is -1.95. The Morgan fingerprint density at radius 2 is 1.50 bits per heavy atom. The minimum atomic E-state index is 0.413. The predicted molar refractivity (Wildman–Crippen MR) is 48.7 cm³/mol. The standard InChI is InChI=1S/C9H13S/c1-8-4-6-9(7-5-8)10(2)3/h4-7H,1-3H3/q+1. The van der Waals surface area contributed by atoms with Crippen LogP contribution in [0.2, 0.25) is 0 Å². The van der Waals surface area contributed by atoms with E-state index in [0.717, 1.165) is 0 Å². The van der Waals surface area contributed by atoms with Crippen LogP contribution in [-0.2, 0) is 10.9 Å². The highest BCUT2D eigenvalue weighted by Crippen LogP contribution is 2.09. The van der Waals surface area contributed by atoms with Gasteiger partial charge in [-0.05, 0) is 19.1 Å². The zero-order chi connectivity index (χ0) is 7.56. The van der Waals surface area contributed by atoms with Crippen LogP contribution in [0.3, 0.4) is 0 Å². The van der Waals surface area contributed by atoms with Gasteiger partial charge in [-0.25, -0.2) is 0 Å². The van der Waals surface area contributed by atoms with Gasteiger partial charge in [0.15, 0.2) is 4.90 Å². The molecule has 0 aromatic heterocycles. The van der Waals surface area contributed by atoms with Gasteiger partial charge in [-0.2, -0.15) is 0 Å². The number of hydrogen-bond acceptors (Lipinski definition) is 0. The molecule has 0 unspecified atom stereocenters. The molecule has 0 fully saturated rings. The van der Waals surface area contributed by atoms with Crippen LogP contribution >= 0.6 is 0 Å². The molecule has 0 radical (unpaired) electrons. The van der Waals surface area contributed by atoms with Crippen molar-refractivity contribution >= 4 is 10.9 Å². The zero-order valence-corrected chi connectivity index (χ0v) is 7.53. The molecule has 0 aliphatic heterocycles. The summed E-state index contributed by atoms with van der Waals surface area (Å²) in [7, 11) is 0.413. The van der Waals surface area contributed by atoms with E-state index < -0.39 is 0 Å². The molecule has 0 nitrogen and oxygen atoms in total. The largest absolute Gasteiger partial charge is 0.154 e. The van der Waals surface area contributed by atoms with Crippen molar-refractivity contribution in [2.75, 3.05) is 12.5 Å². The minimum absolute atomic E-state index is 0.413. The summed E-state index contributed by atoms with van der Waals surface area (Å²) < 4.78 is 0. The monoisotopic (exact) mass is 153 g/mol. The highest BCUT2D eigenvalue weighted by molar-refractivity contribution is 7.95. The van der Waals surface area contributed by atoms with Crippen molar-refractivity contribution in [1.82, 2.24) is 0 Å². The third kappa shape index (κ3) is 1.77. The van der Waals surface area contributed by atoms with E-state index in [1.807, 2.05) is 0 Å². The van der Waals surface area contributed by atoms with Crippen LogP contribution in [0.4, 0.5) is 0 Å². The third-order valence-corrected chi connectivity index (χ3v) is 2.71. The van der Waals surface area contributed by atoms with Crippen LogP contribution < -0.4 is 0 Å². The number of benzene rings is 1. The van der Waals surface area contributed by atoms with E-state index in [-0.39, 0.29) is 0 Å². The smallest absolute Gasteiger partial charge is 0.0543 e. The SMILES string of the molecule is Cc1ccc([S+](C)C)cc1. The van der Waals surface area contributed by atoms with Gasteiger partial charge in [-0.3, -0.25) is 0 Å². The molecule has 54 valence electrons. The average Bonchev–Trinajstić information content (AvgIpc) is 1.88. The van der Waals surface area contributed by atoms with Crippen molar-refractivity contribution in [3.05, 3.63) is 29.8 Å². The highest BCUT2D eigenvalue weighted by Gasteiger charge is 2.05. The molecule has 0 aliphatic rings. The second-order valence-electron chi connectivity index (χ2n) is 2.63. The summed E-state index contributed by atoms with van der Waals surface area (Å²) >= 11 is 0. The number of aryl methyl sites for hydroxylation is 1. The van der Waals surface area contributed by atoms with Gasteiger partial charge in [0.05, 0.1) is 0 Å². The lowest BCUT2D eigenvalue weighted by molar-refractivity contribution is 1.37. The molecular weight excluding hydrogens is 140 g/mol. The molecule has 0 atom stereocenters. The topological polar surface area (TPSA) is 0 Å². The lowest BCUT2D eigenvalue weighted by Crippen LogP contribution is -1.94. The van der Waals surface area contributed by atoms with Gasteiger partial charge in [-0.15, -0.1) is 0 Å². The summed E-state index contributed by atoms with van der Waals surface area (Å²) in [5.41, 5.74) is 1.34. The molecule has 0 saturated carbocycles. The molecule has 0 bridgehead atoms. The maximum atomic E-state index is 2.24. The number of rotatable bonds is 1. The molecular formula is C9H13S+. The first-order valence-corrected chi connectivity index (χ1v) is 5.38. The van der Waals surface area contributed by atoms with Crippen molar-refractivity contribution in [2.24, 2.45) is 0 Å². The second-order valence-corrected chi connectivity index (χ2v) is 4.73. The molecule has 0 amide bonds. The summed E-state index contributed by atoms with van der Waals surface area (Å²) in [5, 5.41) is 0. The van der Waals surface area contributed by atoms with E-state index in [9.17, 15) is 0 Å². The Labute approximate surface area is 65.6 Å². The molecule has 1 heteroatoms. The van der Waals surface area contributed by atoms with Crippen LogP contribution in [0, 0.1) is 6.92 Å². The Bertz CT molecular complexity index is 198. The van der Waals surface area contributed by atoms with E-state index in [1.165, 1.54) is 10.5 Å². The predicted octanol–water partition coefficient (Wildman–Crippen LogP) is 2.23. The molecule has 1 rings (SSSR count). The van der Waals surface area contributed by atoms with E-state index in [2.05, 4.69) is 43.7 Å². The summed E-state index contributed by atoms with van der Waals surface area (Å²) in [6.07, 6.45) is 4.48. The van der Waals surface area contributed by atoms with Gasteiger partial charge >= 0.3 is 0 Å².